The lowest BCUT2D eigenvalue weighted by Crippen LogP contribution is -2.19. The molecule has 0 spiro atoms. The molecule has 0 saturated heterocycles. The summed E-state index contributed by atoms with van der Waals surface area (Å²) in [5.41, 5.74) is 10.9. The van der Waals surface area contributed by atoms with Crippen LogP contribution in [0.4, 0.5) is 0 Å². The number of hydrogen-bond acceptors (Lipinski definition) is 2. The van der Waals surface area contributed by atoms with Crippen molar-refractivity contribution in [2.75, 3.05) is 13.2 Å². The Kier molecular flexibility index (Phi) is 4.34. The van der Waals surface area contributed by atoms with E-state index < -0.39 is 0 Å². The molecule has 2 nitrogen and oxygen atoms in total. The maximum Gasteiger partial charge on any atom is 0.0512 e. The van der Waals surface area contributed by atoms with Gasteiger partial charge in [0.1, 0.15) is 0 Å². The molecule has 17 heavy (non-hydrogen) atoms. The predicted molar refractivity (Wildman–Crippen MR) is 73.5 cm³/mol. The Balaban J connectivity index is 3.28. The summed E-state index contributed by atoms with van der Waals surface area (Å²) in [4.78, 5) is 0. The summed E-state index contributed by atoms with van der Waals surface area (Å²) in [5.74, 6) is 0.0593. The van der Waals surface area contributed by atoms with Crippen LogP contribution < -0.4 is 5.73 Å². The second-order valence-electron chi connectivity index (χ2n) is 5.89. The van der Waals surface area contributed by atoms with Gasteiger partial charge in [0.15, 0.2) is 0 Å². The second-order valence-corrected chi connectivity index (χ2v) is 5.89. The summed E-state index contributed by atoms with van der Waals surface area (Å²) in [5, 5.41) is 9.38. The van der Waals surface area contributed by atoms with Crippen LogP contribution in [0, 0.1) is 13.8 Å². The fourth-order valence-corrected chi connectivity index (χ4v) is 2.34. The van der Waals surface area contributed by atoms with E-state index in [1.807, 2.05) is 0 Å². The highest BCUT2D eigenvalue weighted by Crippen LogP contribution is 2.30. The molecule has 96 valence electrons. The minimum atomic E-state index is 0.0593. The third-order valence-corrected chi connectivity index (χ3v) is 3.37. The van der Waals surface area contributed by atoms with Crippen LogP contribution >= 0.6 is 0 Å². The molecule has 0 heterocycles. The Morgan fingerprint density at radius 2 is 1.65 bits per heavy atom. The number of aryl methyl sites for hydroxylation is 2. The summed E-state index contributed by atoms with van der Waals surface area (Å²) < 4.78 is 0. The summed E-state index contributed by atoms with van der Waals surface area (Å²) in [6.45, 7) is 11.5. The van der Waals surface area contributed by atoms with Gasteiger partial charge in [-0.15, -0.1) is 0 Å². The SMILES string of the molecule is Cc1cc(C(C)(C)C)cc(C)c1C(CN)CO. The number of nitrogens with two attached hydrogens (primary N) is 1. The lowest BCUT2D eigenvalue weighted by molar-refractivity contribution is 0.267. The number of benzene rings is 1. The molecule has 0 radical (unpaired) electrons. The van der Waals surface area contributed by atoms with Crippen molar-refractivity contribution in [2.45, 2.75) is 46.0 Å². The molecule has 0 amide bonds. The van der Waals surface area contributed by atoms with Gasteiger partial charge in [0.2, 0.25) is 0 Å². The van der Waals surface area contributed by atoms with Gasteiger partial charge >= 0.3 is 0 Å². The molecule has 1 aromatic carbocycles. The van der Waals surface area contributed by atoms with Gasteiger partial charge in [-0.2, -0.15) is 0 Å². The van der Waals surface area contributed by atoms with Crippen molar-refractivity contribution in [2.24, 2.45) is 5.73 Å². The lowest BCUT2D eigenvalue weighted by Gasteiger charge is -2.24. The molecule has 0 aliphatic carbocycles. The number of aliphatic hydroxyl groups excluding tert-OH is 1. The Bertz CT molecular complexity index is 363. The Morgan fingerprint density at radius 3 is 1.94 bits per heavy atom. The maximum absolute atomic E-state index is 9.38. The van der Waals surface area contributed by atoms with E-state index in [1.165, 1.54) is 22.3 Å². The fraction of sp³-hybridized carbons (Fsp3) is 0.600. The Morgan fingerprint density at radius 1 is 1.18 bits per heavy atom. The standard InChI is InChI=1S/C15H25NO/c1-10-6-13(15(3,4)5)7-11(2)14(10)12(8-16)9-17/h6-7,12,17H,8-9,16H2,1-5H3. The monoisotopic (exact) mass is 235 g/mol. The topological polar surface area (TPSA) is 46.2 Å². The van der Waals surface area contributed by atoms with E-state index in [9.17, 15) is 5.11 Å². The first-order valence-electron chi connectivity index (χ1n) is 6.23. The number of aliphatic hydroxyl groups is 1. The highest BCUT2D eigenvalue weighted by molar-refractivity contribution is 5.42. The van der Waals surface area contributed by atoms with Crippen molar-refractivity contribution in [3.05, 3.63) is 34.4 Å². The van der Waals surface area contributed by atoms with Gasteiger partial charge in [-0.3, -0.25) is 0 Å². The van der Waals surface area contributed by atoms with Crippen LogP contribution in [0.25, 0.3) is 0 Å². The van der Waals surface area contributed by atoms with Gasteiger partial charge in [-0.05, 0) is 41.5 Å². The van der Waals surface area contributed by atoms with E-state index >= 15 is 0 Å². The minimum absolute atomic E-state index is 0.0593. The highest BCUT2D eigenvalue weighted by Gasteiger charge is 2.19. The molecule has 0 aliphatic heterocycles. The quantitative estimate of drug-likeness (QED) is 0.846. The molecule has 3 N–H and O–H groups in total. The molecule has 0 bridgehead atoms. The molecule has 0 aromatic heterocycles. The van der Waals surface area contributed by atoms with Crippen molar-refractivity contribution in [3.8, 4) is 0 Å². The first-order valence-corrected chi connectivity index (χ1v) is 6.23. The van der Waals surface area contributed by atoms with Crippen LogP contribution in [0.2, 0.25) is 0 Å². The third-order valence-electron chi connectivity index (χ3n) is 3.37. The molecular formula is C15H25NO. The Hall–Kier alpha value is -0.860. The Labute approximate surface area is 105 Å². The van der Waals surface area contributed by atoms with Gasteiger partial charge in [0.25, 0.3) is 0 Å². The van der Waals surface area contributed by atoms with Gasteiger partial charge in [-0.1, -0.05) is 32.9 Å². The maximum atomic E-state index is 9.38. The fourth-order valence-electron chi connectivity index (χ4n) is 2.34. The summed E-state index contributed by atoms with van der Waals surface area (Å²) in [6.07, 6.45) is 0. The van der Waals surface area contributed by atoms with Gasteiger partial charge in [0.05, 0.1) is 6.61 Å². The van der Waals surface area contributed by atoms with Crippen molar-refractivity contribution < 1.29 is 5.11 Å². The smallest absolute Gasteiger partial charge is 0.0512 e. The molecule has 0 aliphatic rings. The van der Waals surface area contributed by atoms with E-state index in [4.69, 9.17) is 5.73 Å². The van der Waals surface area contributed by atoms with Crippen LogP contribution in [-0.2, 0) is 5.41 Å². The zero-order valence-electron chi connectivity index (χ0n) is 11.7. The molecule has 0 saturated carbocycles. The normalized spacial score (nSPS) is 13.8. The van der Waals surface area contributed by atoms with Crippen LogP contribution in [-0.4, -0.2) is 18.3 Å². The van der Waals surface area contributed by atoms with Gasteiger partial charge in [-0.25, -0.2) is 0 Å². The van der Waals surface area contributed by atoms with Crippen molar-refractivity contribution in [1.82, 2.24) is 0 Å². The summed E-state index contributed by atoms with van der Waals surface area (Å²) in [6, 6.07) is 4.45. The molecule has 1 unspecified atom stereocenters. The molecule has 2 heteroatoms. The highest BCUT2D eigenvalue weighted by atomic mass is 16.3. The van der Waals surface area contributed by atoms with Gasteiger partial charge < -0.3 is 10.8 Å². The summed E-state index contributed by atoms with van der Waals surface area (Å²) >= 11 is 0. The average molecular weight is 235 g/mol. The average Bonchev–Trinajstić information content (AvgIpc) is 2.21. The minimum Gasteiger partial charge on any atom is -0.396 e. The second kappa shape index (κ2) is 5.19. The van der Waals surface area contributed by atoms with Crippen LogP contribution in [0.15, 0.2) is 12.1 Å². The first kappa shape index (κ1) is 14.2. The lowest BCUT2D eigenvalue weighted by atomic mass is 9.81. The molecule has 1 rings (SSSR count). The van der Waals surface area contributed by atoms with Crippen molar-refractivity contribution in [3.63, 3.8) is 0 Å². The first-order chi connectivity index (χ1) is 7.81. The van der Waals surface area contributed by atoms with E-state index in [0.717, 1.165) is 0 Å². The van der Waals surface area contributed by atoms with Crippen molar-refractivity contribution >= 4 is 0 Å². The molecule has 0 fully saturated rings. The number of rotatable bonds is 3. The van der Waals surface area contributed by atoms with E-state index in [2.05, 4.69) is 46.8 Å². The molecular weight excluding hydrogens is 210 g/mol. The predicted octanol–water partition coefficient (Wildman–Crippen LogP) is 2.64. The number of hydrogen-bond donors (Lipinski definition) is 2. The third kappa shape index (κ3) is 3.08. The zero-order chi connectivity index (χ0) is 13.2. The van der Waals surface area contributed by atoms with E-state index in [-0.39, 0.29) is 17.9 Å². The van der Waals surface area contributed by atoms with E-state index in [1.54, 1.807) is 0 Å². The molecule has 1 atom stereocenters. The molecule has 1 aromatic rings. The van der Waals surface area contributed by atoms with Crippen molar-refractivity contribution in [1.29, 1.82) is 0 Å². The van der Waals surface area contributed by atoms with Crippen LogP contribution in [0.1, 0.15) is 48.9 Å². The zero-order valence-corrected chi connectivity index (χ0v) is 11.7. The van der Waals surface area contributed by atoms with E-state index in [0.29, 0.717) is 6.54 Å². The van der Waals surface area contributed by atoms with Crippen LogP contribution in [0.5, 0.6) is 0 Å². The van der Waals surface area contributed by atoms with Crippen LogP contribution in [0.3, 0.4) is 0 Å². The largest absolute Gasteiger partial charge is 0.396 e. The van der Waals surface area contributed by atoms with Gasteiger partial charge in [0, 0.05) is 12.5 Å². The summed E-state index contributed by atoms with van der Waals surface area (Å²) in [7, 11) is 0.